The van der Waals surface area contributed by atoms with Crippen molar-refractivity contribution in [3.63, 3.8) is 0 Å². The topological polar surface area (TPSA) is 37.8 Å². The van der Waals surface area contributed by atoms with Crippen LogP contribution in [0, 0.1) is 13.8 Å². The number of benzene rings is 1. The van der Waals surface area contributed by atoms with Crippen LogP contribution in [0.25, 0.3) is 0 Å². The molecule has 106 valence electrons. The van der Waals surface area contributed by atoms with Gasteiger partial charge < -0.3 is 5.32 Å². The van der Waals surface area contributed by atoms with Crippen molar-refractivity contribution in [1.82, 2.24) is 15.3 Å². The van der Waals surface area contributed by atoms with Crippen LogP contribution in [0.4, 0.5) is 0 Å². The molecule has 0 radical (unpaired) electrons. The van der Waals surface area contributed by atoms with Gasteiger partial charge in [0.2, 0.25) is 0 Å². The minimum absolute atomic E-state index is 0.249. The molecule has 1 aromatic heterocycles. The van der Waals surface area contributed by atoms with Gasteiger partial charge in [0.15, 0.2) is 0 Å². The third-order valence-electron chi connectivity index (χ3n) is 3.36. The molecule has 3 nitrogen and oxygen atoms in total. The van der Waals surface area contributed by atoms with E-state index >= 15 is 0 Å². The van der Waals surface area contributed by atoms with Crippen LogP contribution < -0.4 is 5.32 Å². The second-order valence-corrected chi connectivity index (χ2v) is 5.23. The molecule has 1 heterocycles. The van der Waals surface area contributed by atoms with Gasteiger partial charge in [0, 0.05) is 6.20 Å². The molecule has 2 rings (SSSR count). The number of nitrogens with one attached hydrogen (secondary N) is 1. The molecule has 1 atom stereocenters. The first kappa shape index (κ1) is 14.7. The number of hydrogen-bond donors (Lipinski definition) is 1. The van der Waals surface area contributed by atoms with Gasteiger partial charge in [-0.1, -0.05) is 36.8 Å². The van der Waals surface area contributed by atoms with Crippen molar-refractivity contribution in [2.45, 2.75) is 39.7 Å². The van der Waals surface area contributed by atoms with Crippen LogP contribution in [0.1, 0.15) is 42.0 Å². The van der Waals surface area contributed by atoms with Crippen LogP contribution in [-0.2, 0) is 6.42 Å². The van der Waals surface area contributed by atoms with Crippen molar-refractivity contribution in [3.8, 4) is 0 Å². The van der Waals surface area contributed by atoms with Gasteiger partial charge in [-0.25, -0.2) is 9.97 Å². The Morgan fingerprint density at radius 1 is 1.10 bits per heavy atom. The minimum Gasteiger partial charge on any atom is -0.308 e. The molecule has 0 spiro atoms. The van der Waals surface area contributed by atoms with Gasteiger partial charge in [-0.2, -0.15) is 0 Å². The Morgan fingerprint density at radius 3 is 2.50 bits per heavy atom. The second-order valence-electron chi connectivity index (χ2n) is 5.23. The van der Waals surface area contributed by atoms with Gasteiger partial charge in [-0.05, 0) is 44.9 Å². The summed E-state index contributed by atoms with van der Waals surface area (Å²) in [6.07, 6.45) is 3.92. The lowest BCUT2D eigenvalue weighted by atomic mass is 10.0. The largest absolute Gasteiger partial charge is 0.308 e. The van der Waals surface area contributed by atoms with Crippen molar-refractivity contribution in [3.05, 3.63) is 59.2 Å². The SMILES string of the molecule is CCCNC(Cc1ccc(C)cc1)c1ccnc(C)n1. The zero-order chi connectivity index (χ0) is 14.4. The van der Waals surface area contributed by atoms with Gasteiger partial charge in [-0.3, -0.25) is 0 Å². The van der Waals surface area contributed by atoms with Crippen molar-refractivity contribution < 1.29 is 0 Å². The zero-order valence-corrected chi connectivity index (χ0v) is 12.6. The molecule has 20 heavy (non-hydrogen) atoms. The average Bonchev–Trinajstić information content (AvgIpc) is 2.45. The number of aromatic nitrogens is 2. The monoisotopic (exact) mass is 269 g/mol. The maximum absolute atomic E-state index is 4.57. The smallest absolute Gasteiger partial charge is 0.125 e. The average molecular weight is 269 g/mol. The molecule has 0 amide bonds. The van der Waals surface area contributed by atoms with E-state index < -0.39 is 0 Å². The summed E-state index contributed by atoms with van der Waals surface area (Å²) < 4.78 is 0. The normalized spacial score (nSPS) is 12.3. The predicted octanol–water partition coefficient (Wildman–Crippen LogP) is 3.38. The number of hydrogen-bond acceptors (Lipinski definition) is 3. The summed E-state index contributed by atoms with van der Waals surface area (Å²) >= 11 is 0. The summed E-state index contributed by atoms with van der Waals surface area (Å²) in [7, 11) is 0. The molecule has 1 unspecified atom stereocenters. The lowest BCUT2D eigenvalue weighted by Crippen LogP contribution is -2.25. The second kappa shape index (κ2) is 7.15. The third-order valence-corrected chi connectivity index (χ3v) is 3.36. The fraction of sp³-hybridized carbons (Fsp3) is 0.412. The summed E-state index contributed by atoms with van der Waals surface area (Å²) in [5.74, 6) is 0.828. The van der Waals surface area contributed by atoms with Crippen molar-refractivity contribution in [1.29, 1.82) is 0 Å². The summed E-state index contributed by atoms with van der Waals surface area (Å²) in [5.41, 5.74) is 3.71. The van der Waals surface area contributed by atoms with E-state index in [2.05, 4.69) is 53.4 Å². The van der Waals surface area contributed by atoms with Crippen molar-refractivity contribution in [2.24, 2.45) is 0 Å². The van der Waals surface area contributed by atoms with Crippen LogP contribution in [-0.4, -0.2) is 16.5 Å². The molecule has 1 aromatic carbocycles. The van der Waals surface area contributed by atoms with Gasteiger partial charge in [0.1, 0.15) is 5.82 Å². The molecule has 0 aliphatic heterocycles. The highest BCUT2D eigenvalue weighted by molar-refractivity contribution is 5.23. The van der Waals surface area contributed by atoms with E-state index in [1.54, 1.807) is 0 Å². The minimum atomic E-state index is 0.249. The summed E-state index contributed by atoms with van der Waals surface area (Å²) in [6, 6.07) is 11.0. The number of nitrogens with zero attached hydrogens (tertiary/aromatic N) is 2. The maximum Gasteiger partial charge on any atom is 0.125 e. The Kier molecular flexibility index (Phi) is 5.24. The summed E-state index contributed by atoms with van der Waals surface area (Å²) in [5, 5.41) is 3.59. The van der Waals surface area contributed by atoms with E-state index in [1.165, 1.54) is 11.1 Å². The van der Waals surface area contributed by atoms with Gasteiger partial charge in [0.05, 0.1) is 11.7 Å². The molecular weight excluding hydrogens is 246 g/mol. The highest BCUT2D eigenvalue weighted by Crippen LogP contribution is 2.17. The number of aryl methyl sites for hydroxylation is 2. The van der Waals surface area contributed by atoms with Crippen molar-refractivity contribution in [2.75, 3.05) is 6.54 Å². The molecule has 1 N–H and O–H groups in total. The van der Waals surface area contributed by atoms with Crippen LogP contribution in [0.2, 0.25) is 0 Å². The Hall–Kier alpha value is -1.74. The quantitative estimate of drug-likeness (QED) is 0.873. The lowest BCUT2D eigenvalue weighted by Gasteiger charge is -2.18. The van der Waals surface area contributed by atoms with Crippen LogP contribution in [0.5, 0.6) is 0 Å². The molecule has 0 saturated heterocycles. The van der Waals surface area contributed by atoms with E-state index in [4.69, 9.17) is 0 Å². The zero-order valence-electron chi connectivity index (χ0n) is 12.6. The van der Waals surface area contributed by atoms with E-state index in [0.29, 0.717) is 0 Å². The maximum atomic E-state index is 4.57. The van der Waals surface area contributed by atoms with E-state index in [-0.39, 0.29) is 6.04 Å². The van der Waals surface area contributed by atoms with Gasteiger partial charge in [-0.15, -0.1) is 0 Å². The standard InChI is InChI=1S/C17H23N3/c1-4-10-19-17(16-9-11-18-14(3)20-16)12-15-7-5-13(2)6-8-15/h5-9,11,17,19H,4,10,12H2,1-3H3. The molecule has 3 heteroatoms. The Labute approximate surface area is 121 Å². The molecule has 2 aromatic rings. The highest BCUT2D eigenvalue weighted by Gasteiger charge is 2.13. The number of rotatable bonds is 6. The van der Waals surface area contributed by atoms with Crippen LogP contribution in [0.15, 0.2) is 36.5 Å². The Morgan fingerprint density at radius 2 is 1.85 bits per heavy atom. The predicted molar refractivity (Wildman–Crippen MR) is 82.7 cm³/mol. The van der Waals surface area contributed by atoms with Crippen LogP contribution in [0.3, 0.4) is 0 Å². The fourth-order valence-corrected chi connectivity index (χ4v) is 2.23. The lowest BCUT2D eigenvalue weighted by molar-refractivity contribution is 0.515. The Balaban J connectivity index is 2.16. The first-order valence-corrected chi connectivity index (χ1v) is 7.27. The first-order chi connectivity index (χ1) is 9.69. The molecule has 0 bridgehead atoms. The third kappa shape index (κ3) is 4.14. The first-order valence-electron chi connectivity index (χ1n) is 7.27. The van der Waals surface area contributed by atoms with Gasteiger partial charge >= 0.3 is 0 Å². The molecule has 0 aliphatic rings. The summed E-state index contributed by atoms with van der Waals surface area (Å²) in [6.45, 7) is 7.23. The molecule has 0 aliphatic carbocycles. The summed E-state index contributed by atoms with van der Waals surface area (Å²) in [4.78, 5) is 8.75. The van der Waals surface area contributed by atoms with Gasteiger partial charge in [0.25, 0.3) is 0 Å². The Bertz CT molecular complexity index is 534. The van der Waals surface area contributed by atoms with Crippen LogP contribution >= 0.6 is 0 Å². The van der Waals surface area contributed by atoms with E-state index in [0.717, 1.165) is 30.9 Å². The van der Waals surface area contributed by atoms with E-state index in [9.17, 15) is 0 Å². The molecule has 0 fully saturated rings. The molecular formula is C17H23N3. The van der Waals surface area contributed by atoms with Crippen molar-refractivity contribution >= 4 is 0 Å². The fourth-order valence-electron chi connectivity index (χ4n) is 2.23. The highest BCUT2D eigenvalue weighted by atomic mass is 15.0. The van der Waals surface area contributed by atoms with E-state index in [1.807, 2.05) is 19.2 Å². The molecule has 0 saturated carbocycles.